The number of hydrogen-bond acceptors (Lipinski definition) is 8. The van der Waals surface area contributed by atoms with Crippen molar-refractivity contribution in [3.05, 3.63) is 40.2 Å². The topological polar surface area (TPSA) is 136 Å². The van der Waals surface area contributed by atoms with Crippen LogP contribution in [-0.2, 0) is 4.79 Å². The Kier molecular flexibility index (Phi) is 11.1. The molecule has 0 bridgehead atoms. The Morgan fingerprint density at radius 1 is 1.25 bits per heavy atom. The van der Waals surface area contributed by atoms with Gasteiger partial charge in [-0.25, -0.2) is 0 Å². The molecule has 2 heterocycles. The average Bonchev–Trinajstić information content (AvgIpc) is 3.24. The van der Waals surface area contributed by atoms with E-state index in [2.05, 4.69) is 46.9 Å². The van der Waals surface area contributed by atoms with Crippen LogP contribution in [0, 0.1) is 22.2 Å². The largest absolute Gasteiger partial charge is 0.393 e. The number of hydrogen-bond donors (Lipinski definition) is 4. The smallest absolute Gasteiger partial charge is 0.255 e. The molecule has 2 aliphatic rings. The van der Waals surface area contributed by atoms with Gasteiger partial charge < -0.3 is 26.0 Å². The summed E-state index contributed by atoms with van der Waals surface area (Å²) in [7, 11) is 1.78. The number of nitrogens with zero attached hydrogens (tertiary/aromatic N) is 3. The molecule has 0 radical (unpaired) electrons. The summed E-state index contributed by atoms with van der Waals surface area (Å²) in [5.74, 6) is 0.903. The Bertz CT molecular complexity index is 1070. The van der Waals surface area contributed by atoms with Crippen molar-refractivity contribution in [1.29, 1.82) is 0 Å². The second kappa shape index (κ2) is 14.1. The summed E-state index contributed by atoms with van der Waals surface area (Å²) in [6, 6.07) is 0.614. The van der Waals surface area contributed by atoms with Gasteiger partial charge in [-0.2, -0.15) is 4.91 Å². The quantitative estimate of drug-likeness (QED) is 0.225. The van der Waals surface area contributed by atoms with E-state index in [4.69, 9.17) is 0 Å². The summed E-state index contributed by atoms with van der Waals surface area (Å²) in [5.41, 5.74) is 1.67. The zero-order chi connectivity index (χ0) is 29.4. The number of pyridine rings is 1. The molecule has 1 saturated carbocycles. The van der Waals surface area contributed by atoms with E-state index < -0.39 is 12.1 Å². The minimum atomic E-state index is -0.916. The molecule has 3 rings (SSSR count). The van der Waals surface area contributed by atoms with Crippen LogP contribution in [0.5, 0.6) is 0 Å². The van der Waals surface area contributed by atoms with Crippen LogP contribution in [0.25, 0.3) is 0 Å². The lowest BCUT2D eigenvalue weighted by atomic mass is 9.79. The van der Waals surface area contributed by atoms with Crippen LogP contribution in [0.2, 0.25) is 0 Å². The summed E-state index contributed by atoms with van der Waals surface area (Å²) >= 11 is 0. The lowest BCUT2D eigenvalue weighted by Crippen LogP contribution is -2.44. The lowest BCUT2D eigenvalue weighted by molar-refractivity contribution is -0.117. The first-order valence-electron chi connectivity index (χ1n) is 14.6. The van der Waals surface area contributed by atoms with E-state index in [0.29, 0.717) is 48.3 Å². The number of amides is 2. The highest BCUT2D eigenvalue weighted by Gasteiger charge is 2.43. The van der Waals surface area contributed by atoms with Gasteiger partial charge in [-0.3, -0.25) is 14.6 Å². The number of aliphatic hydroxyl groups excluding tert-OH is 1. The number of likely N-dealkylation sites (tertiary alicyclic amines) is 1. The molecule has 0 aromatic carbocycles. The molecule has 10 heteroatoms. The van der Waals surface area contributed by atoms with Crippen molar-refractivity contribution in [1.82, 2.24) is 20.5 Å². The molecule has 1 aromatic rings. The molecule has 1 aliphatic heterocycles. The van der Waals surface area contributed by atoms with E-state index in [1.165, 1.54) is 25.7 Å². The highest BCUT2D eigenvalue weighted by atomic mass is 16.3. The third kappa shape index (κ3) is 8.02. The van der Waals surface area contributed by atoms with Crippen molar-refractivity contribution < 1.29 is 14.7 Å². The Morgan fingerprint density at radius 2 is 1.98 bits per heavy atom. The van der Waals surface area contributed by atoms with Gasteiger partial charge in [0.05, 0.1) is 23.4 Å². The summed E-state index contributed by atoms with van der Waals surface area (Å²) in [6.07, 6.45) is 8.43. The van der Waals surface area contributed by atoms with Gasteiger partial charge in [-0.05, 0) is 38.2 Å². The maximum atomic E-state index is 13.3. The van der Waals surface area contributed by atoms with E-state index in [9.17, 15) is 19.6 Å². The highest BCUT2D eigenvalue weighted by Crippen LogP contribution is 2.33. The van der Waals surface area contributed by atoms with Crippen LogP contribution in [-0.4, -0.2) is 71.7 Å². The number of aromatic nitrogens is 1. The molecule has 2 amide bonds. The van der Waals surface area contributed by atoms with Gasteiger partial charge in [0.1, 0.15) is 6.04 Å². The highest BCUT2D eigenvalue weighted by molar-refractivity contribution is 5.95. The number of nitroso groups, excluding NO2 is 1. The molecular formula is C30H48N6O4. The number of carbonyl (C=O) groups is 2. The maximum Gasteiger partial charge on any atom is 0.255 e. The first-order chi connectivity index (χ1) is 19.0. The molecule has 1 aromatic heterocycles. The second-order valence-corrected chi connectivity index (χ2v) is 12.4. The minimum Gasteiger partial charge on any atom is -0.393 e. The maximum absolute atomic E-state index is 13.3. The van der Waals surface area contributed by atoms with E-state index >= 15 is 0 Å². The van der Waals surface area contributed by atoms with Crippen LogP contribution in [0.3, 0.4) is 0 Å². The molecule has 1 aliphatic carbocycles. The van der Waals surface area contributed by atoms with Gasteiger partial charge >= 0.3 is 0 Å². The van der Waals surface area contributed by atoms with Crippen molar-refractivity contribution in [2.24, 2.45) is 22.4 Å². The van der Waals surface area contributed by atoms with Gasteiger partial charge in [0.25, 0.3) is 5.91 Å². The Labute approximate surface area is 238 Å². The zero-order valence-corrected chi connectivity index (χ0v) is 25.0. The zero-order valence-electron chi connectivity index (χ0n) is 25.0. The SMILES string of the molecule is CNc1cncc(C(=O)N2C[C@H](N/C(=C(/C)C(=O)NCCC3CCCC[C@@H]3C)C(CC(C)O)N=O)C(C)(C)C2)c1. The molecule has 5 atom stereocenters. The van der Waals surface area contributed by atoms with Crippen LogP contribution in [0.4, 0.5) is 5.69 Å². The van der Waals surface area contributed by atoms with Gasteiger partial charge in [0.15, 0.2) is 0 Å². The van der Waals surface area contributed by atoms with Crippen LogP contribution < -0.4 is 16.0 Å². The number of rotatable bonds is 12. The average molecular weight is 557 g/mol. The third-order valence-corrected chi connectivity index (χ3v) is 8.69. The molecule has 3 unspecified atom stereocenters. The Balaban J connectivity index is 1.78. The molecule has 0 spiro atoms. The molecular weight excluding hydrogens is 508 g/mol. The standard InChI is InChI=1S/C30H48N6O4/c1-19-9-7-8-10-22(19)11-12-33-28(38)21(3)27(25(35-40)13-20(2)37)34-26-17-36(18-30(26,4)5)29(39)23-14-24(31-6)16-32-15-23/h14-16,19-20,22,25-26,31,34,37H,7-13,17-18H2,1-6H3,(H,33,38)/b27-21-/t19-,20?,22?,25?,26-/m0/s1. The Morgan fingerprint density at radius 3 is 2.62 bits per heavy atom. The van der Waals surface area contributed by atoms with Crippen LogP contribution >= 0.6 is 0 Å². The Hall–Kier alpha value is -3.01. The molecule has 1 saturated heterocycles. The van der Waals surface area contributed by atoms with E-state index in [1.54, 1.807) is 44.3 Å². The first kappa shape index (κ1) is 31.5. The predicted octanol–water partition coefficient (Wildman–Crippen LogP) is 4.08. The van der Waals surface area contributed by atoms with Crippen molar-refractivity contribution >= 4 is 17.5 Å². The first-order valence-corrected chi connectivity index (χ1v) is 14.6. The van der Waals surface area contributed by atoms with Crippen molar-refractivity contribution in [2.45, 2.75) is 91.3 Å². The fraction of sp³-hybridized carbons (Fsp3) is 0.700. The summed E-state index contributed by atoms with van der Waals surface area (Å²) in [6.45, 7) is 11.1. The van der Waals surface area contributed by atoms with Crippen molar-refractivity contribution in [3.63, 3.8) is 0 Å². The monoisotopic (exact) mass is 556 g/mol. The molecule has 4 N–H and O–H groups in total. The number of nitrogens with one attached hydrogen (secondary N) is 3. The summed E-state index contributed by atoms with van der Waals surface area (Å²) < 4.78 is 0. The lowest BCUT2D eigenvalue weighted by Gasteiger charge is -2.31. The second-order valence-electron chi connectivity index (χ2n) is 12.4. The number of anilines is 1. The van der Waals surface area contributed by atoms with Crippen molar-refractivity contribution in [2.75, 3.05) is 32.0 Å². The molecule has 40 heavy (non-hydrogen) atoms. The van der Waals surface area contributed by atoms with E-state index in [1.807, 2.05) is 0 Å². The van der Waals surface area contributed by atoms with Crippen LogP contribution in [0.1, 0.15) is 83.5 Å². The molecule has 10 nitrogen and oxygen atoms in total. The fourth-order valence-electron chi connectivity index (χ4n) is 6.03. The third-order valence-electron chi connectivity index (χ3n) is 8.69. The normalized spacial score (nSPS) is 24.5. The van der Waals surface area contributed by atoms with Gasteiger partial charge in [0, 0.05) is 62.2 Å². The van der Waals surface area contributed by atoms with E-state index in [0.717, 1.165) is 12.1 Å². The summed E-state index contributed by atoms with van der Waals surface area (Å²) in [4.78, 5) is 44.5. The van der Waals surface area contributed by atoms with Gasteiger partial charge in [-0.15, -0.1) is 0 Å². The van der Waals surface area contributed by atoms with Crippen molar-refractivity contribution in [3.8, 4) is 0 Å². The van der Waals surface area contributed by atoms with E-state index in [-0.39, 0.29) is 29.7 Å². The molecule has 2 fully saturated rings. The predicted molar refractivity (Wildman–Crippen MR) is 158 cm³/mol. The minimum absolute atomic E-state index is 0.0916. The van der Waals surface area contributed by atoms with Gasteiger partial charge in [-0.1, -0.05) is 51.6 Å². The van der Waals surface area contributed by atoms with Gasteiger partial charge in [0.2, 0.25) is 5.91 Å². The summed E-state index contributed by atoms with van der Waals surface area (Å²) in [5, 5.41) is 22.9. The molecule has 222 valence electrons. The fourth-order valence-corrected chi connectivity index (χ4v) is 6.03. The van der Waals surface area contributed by atoms with Crippen LogP contribution in [0.15, 0.2) is 34.9 Å². The number of aliphatic hydroxyl groups is 1. The number of carbonyl (C=O) groups excluding carboxylic acids is 2.